The van der Waals surface area contributed by atoms with Gasteiger partial charge in [0.25, 0.3) is 5.91 Å². The molecular formula is C12H17BrN2O. The standard InChI is InChI=1S/C12H17BrN2O/c1-3-11(7-14)15-12(16)9-4-8(2)5-10(13)6-9/h4-6,11H,3,7,14H2,1-2H3,(H,15,16). The molecule has 1 aromatic carbocycles. The minimum Gasteiger partial charge on any atom is -0.348 e. The van der Waals surface area contributed by atoms with Crippen molar-refractivity contribution in [1.82, 2.24) is 5.32 Å². The molecular weight excluding hydrogens is 268 g/mol. The molecule has 0 aliphatic carbocycles. The lowest BCUT2D eigenvalue weighted by molar-refractivity contribution is 0.0937. The van der Waals surface area contributed by atoms with E-state index in [0.717, 1.165) is 16.5 Å². The highest BCUT2D eigenvalue weighted by Crippen LogP contribution is 2.15. The molecule has 0 bridgehead atoms. The molecule has 0 radical (unpaired) electrons. The molecule has 0 aliphatic rings. The fraction of sp³-hybridized carbons (Fsp3) is 0.417. The van der Waals surface area contributed by atoms with Gasteiger partial charge in [0.1, 0.15) is 0 Å². The second kappa shape index (κ2) is 6.01. The summed E-state index contributed by atoms with van der Waals surface area (Å²) in [6, 6.07) is 5.69. The second-order valence-corrected chi connectivity index (χ2v) is 4.75. The molecule has 16 heavy (non-hydrogen) atoms. The van der Waals surface area contributed by atoms with Gasteiger partial charge in [0.15, 0.2) is 0 Å². The van der Waals surface area contributed by atoms with Crippen LogP contribution in [-0.2, 0) is 0 Å². The summed E-state index contributed by atoms with van der Waals surface area (Å²) in [7, 11) is 0. The summed E-state index contributed by atoms with van der Waals surface area (Å²) in [6.07, 6.45) is 0.842. The van der Waals surface area contributed by atoms with E-state index in [2.05, 4.69) is 21.2 Å². The van der Waals surface area contributed by atoms with Crippen molar-refractivity contribution in [2.45, 2.75) is 26.3 Å². The molecule has 1 amide bonds. The van der Waals surface area contributed by atoms with Crippen molar-refractivity contribution >= 4 is 21.8 Å². The Hall–Kier alpha value is -0.870. The van der Waals surface area contributed by atoms with Gasteiger partial charge in [0, 0.05) is 22.6 Å². The lowest BCUT2D eigenvalue weighted by Gasteiger charge is -2.14. The first-order valence-corrected chi connectivity index (χ1v) is 6.14. The highest BCUT2D eigenvalue weighted by atomic mass is 79.9. The van der Waals surface area contributed by atoms with Crippen LogP contribution in [0.3, 0.4) is 0 Å². The molecule has 0 aromatic heterocycles. The first kappa shape index (κ1) is 13.2. The number of nitrogens with two attached hydrogens (primary N) is 1. The first-order valence-electron chi connectivity index (χ1n) is 5.35. The zero-order valence-corrected chi connectivity index (χ0v) is 11.2. The summed E-state index contributed by atoms with van der Waals surface area (Å²) in [4.78, 5) is 11.9. The van der Waals surface area contributed by atoms with E-state index < -0.39 is 0 Å². The number of aryl methyl sites for hydroxylation is 1. The number of benzene rings is 1. The van der Waals surface area contributed by atoms with E-state index in [1.165, 1.54) is 0 Å². The van der Waals surface area contributed by atoms with Crippen LogP contribution in [0.4, 0.5) is 0 Å². The fourth-order valence-corrected chi connectivity index (χ4v) is 2.07. The average Bonchev–Trinajstić information content (AvgIpc) is 2.24. The first-order chi connectivity index (χ1) is 7.56. The minimum absolute atomic E-state index is 0.0480. The molecule has 1 aromatic rings. The fourth-order valence-electron chi connectivity index (χ4n) is 1.46. The van der Waals surface area contributed by atoms with Crippen molar-refractivity contribution < 1.29 is 4.79 Å². The smallest absolute Gasteiger partial charge is 0.251 e. The molecule has 0 saturated heterocycles. The van der Waals surface area contributed by atoms with E-state index >= 15 is 0 Å². The molecule has 0 heterocycles. The quantitative estimate of drug-likeness (QED) is 0.891. The molecule has 0 saturated carbocycles. The van der Waals surface area contributed by atoms with Gasteiger partial charge >= 0.3 is 0 Å². The van der Waals surface area contributed by atoms with Crippen LogP contribution in [0.15, 0.2) is 22.7 Å². The Labute approximate surface area is 105 Å². The number of rotatable bonds is 4. The van der Waals surface area contributed by atoms with Gasteiger partial charge < -0.3 is 11.1 Å². The van der Waals surface area contributed by atoms with Crippen molar-refractivity contribution in [2.75, 3.05) is 6.54 Å². The number of hydrogen-bond donors (Lipinski definition) is 2. The Morgan fingerprint density at radius 2 is 2.19 bits per heavy atom. The Morgan fingerprint density at radius 3 is 2.69 bits per heavy atom. The molecule has 3 nitrogen and oxygen atoms in total. The summed E-state index contributed by atoms with van der Waals surface area (Å²) in [5.74, 6) is -0.0679. The Bertz CT molecular complexity index is 355. The van der Waals surface area contributed by atoms with Gasteiger partial charge in [-0.3, -0.25) is 4.79 Å². The molecule has 0 spiro atoms. The summed E-state index contributed by atoms with van der Waals surface area (Å²) >= 11 is 3.38. The molecule has 1 rings (SSSR count). The summed E-state index contributed by atoms with van der Waals surface area (Å²) < 4.78 is 0.915. The molecule has 1 unspecified atom stereocenters. The predicted molar refractivity (Wildman–Crippen MR) is 69.5 cm³/mol. The van der Waals surface area contributed by atoms with Crippen LogP contribution >= 0.6 is 15.9 Å². The number of carbonyl (C=O) groups excluding carboxylic acids is 1. The molecule has 0 aliphatic heterocycles. The van der Waals surface area contributed by atoms with E-state index in [-0.39, 0.29) is 11.9 Å². The Morgan fingerprint density at radius 1 is 1.50 bits per heavy atom. The second-order valence-electron chi connectivity index (χ2n) is 3.83. The van der Waals surface area contributed by atoms with Gasteiger partial charge in [-0.05, 0) is 37.1 Å². The van der Waals surface area contributed by atoms with E-state index in [0.29, 0.717) is 12.1 Å². The van der Waals surface area contributed by atoms with Gasteiger partial charge in [0.2, 0.25) is 0 Å². The molecule has 4 heteroatoms. The third kappa shape index (κ3) is 3.61. The van der Waals surface area contributed by atoms with Crippen LogP contribution < -0.4 is 11.1 Å². The monoisotopic (exact) mass is 284 g/mol. The molecule has 3 N–H and O–H groups in total. The zero-order chi connectivity index (χ0) is 12.1. The SMILES string of the molecule is CCC(CN)NC(=O)c1cc(C)cc(Br)c1. The lowest BCUT2D eigenvalue weighted by Crippen LogP contribution is -2.39. The zero-order valence-electron chi connectivity index (χ0n) is 9.59. The summed E-state index contributed by atoms with van der Waals surface area (Å²) in [6.45, 7) is 4.43. The van der Waals surface area contributed by atoms with E-state index in [9.17, 15) is 4.79 Å². The summed E-state index contributed by atoms with van der Waals surface area (Å²) in [5, 5.41) is 2.90. The van der Waals surface area contributed by atoms with Crippen LogP contribution in [0, 0.1) is 6.92 Å². The predicted octanol–water partition coefficient (Wildman–Crippen LogP) is 2.22. The maximum Gasteiger partial charge on any atom is 0.251 e. The Balaban J connectivity index is 2.80. The van der Waals surface area contributed by atoms with Crippen LogP contribution in [-0.4, -0.2) is 18.5 Å². The van der Waals surface area contributed by atoms with Gasteiger partial charge in [-0.15, -0.1) is 0 Å². The number of amides is 1. The third-order valence-electron chi connectivity index (χ3n) is 2.42. The van der Waals surface area contributed by atoms with Crippen molar-refractivity contribution in [3.05, 3.63) is 33.8 Å². The third-order valence-corrected chi connectivity index (χ3v) is 2.87. The Kier molecular flexibility index (Phi) is 4.96. The van der Waals surface area contributed by atoms with Gasteiger partial charge in [-0.25, -0.2) is 0 Å². The number of halogens is 1. The van der Waals surface area contributed by atoms with E-state index in [1.807, 2.05) is 32.0 Å². The normalized spacial score (nSPS) is 12.2. The largest absolute Gasteiger partial charge is 0.348 e. The summed E-state index contributed by atoms with van der Waals surface area (Å²) in [5.41, 5.74) is 7.27. The number of carbonyl (C=O) groups is 1. The van der Waals surface area contributed by atoms with E-state index in [1.54, 1.807) is 0 Å². The van der Waals surface area contributed by atoms with Crippen LogP contribution in [0.1, 0.15) is 29.3 Å². The number of hydrogen-bond acceptors (Lipinski definition) is 2. The minimum atomic E-state index is -0.0679. The van der Waals surface area contributed by atoms with Crippen molar-refractivity contribution in [3.8, 4) is 0 Å². The van der Waals surface area contributed by atoms with E-state index in [4.69, 9.17) is 5.73 Å². The van der Waals surface area contributed by atoms with Crippen LogP contribution in [0.25, 0.3) is 0 Å². The maximum absolute atomic E-state index is 11.9. The average molecular weight is 285 g/mol. The molecule has 0 fully saturated rings. The highest BCUT2D eigenvalue weighted by Gasteiger charge is 2.11. The number of nitrogens with one attached hydrogen (secondary N) is 1. The lowest BCUT2D eigenvalue weighted by atomic mass is 10.1. The van der Waals surface area contributed by atoms with Crippen LogP contribution in [0.2, 0.25) is 0 Å². The van der Waals surface area contributed by atoms with Gasteiger partial charge in [0.05, 0.1) is 0 Å². The molecule has 1 atom stereocenters. The van der Waals surface area contributed by atoms with Gasteiger partial charge in [-0.2, -0.15) is 0 Å². The highest BCUT2D eigenvalue weighted by molar-refractivity contribution is 9.10. The topological polar surface area (TPSA) is 55.1 Å². The van der Waals surface area contributed by atoms with Crippen molar-refractivity contribution in [2.24, 2.45) is 5.73 Å². The van der Waals surface area contributed by atoms with Crippen molar-refractivity contribution in [3.63, 3.8) is 0 Å². The molecule has 88 valence electrons. The van der Waals surface area contributed by atoms with Crippen LogP contribution in [0.5, 0.6) is 0 Å². The van der Waals surface area contributed by atoms with Gasteiger partial charge in [-0.1, -0.05) is 22.9 Å². The van der Waals surface area contributed by atoms with Crippen molar-refractivity contribution in [1.29, 1.82) is 0 Å². The maximum atomic E-state index is 11.9.